The second-order valence-corrected chi connectivity index (χ2v) is 6.35. The van der Waals surface area contributed by atoms with Crippen molar-refractivity contribution in [2.24, 2.45) is 4.99 Å². The summed E-state index contributed by atoms with van der Waals surface area (Å²) in [6.07, 6.45) is 3.81. The van der Waals surface area contributed by atoms with Crippen LogP contribution in [0.25, 0.3) is 0 Å². The number of hydrogen-bond acceptors (Lipinski definition) is 4. The number of thiazole rings is 1. The van der Waals surface area contributed by atoms with Crippen molar-refractivity contribution in [3.8, 4) is 5.75 Å². The SMILES string of the molecule is CCc1cnc(CCNC(=NC)NCc2ccc(OC)c(F)c2)s1. The third-order valence-electron chi connectivity index (χ3n) is 3.48. The molecule has 2 aromatic rings. The summed E-state index contributed by atoms with van der Waals surface area (Å²) in [5.74, 6) is 0.560. The normalized spacial score (nSPS) is 11.4. The maximum Gasteiger partial charge on any atom is 0.191 e. The molecule has 2 rings (SSSR count). The Labute approximate surface area is 146 Å². The molecule has 0 saturated heterocycles. The number of aromatic nitrogens is 1. The fourth-order valence-corrected chi connectivity index (χ4v) is 3.00. The van der Waals surface area contributed by atoms with Gasteiger partial charge in [0, 0.05) is 37.6 Å². The van der Waals surface area contributed by atoms with Crippen molar-refractivity contribution in [2.45, 2.75) is 26.3 Å². The molecule has 1 aromatic heterocycles. The Kier molecular flexibility index (Phi) is 6.99. The van der Waals surface area contributed by atoms with Crippen LogP contribution in [0.3, 0.4) is 0 Å². The third kappa shape index (κ3) is 5.19. The Morgan fingerprint density at radius 3 is 2.83 bits per heavy atom. The summed E-state index contributed by atoms with van der Waals surface area (Å²) >= 11 is 1.74. The Balaban J connectivity index is 1.78. The fraction of sp³-hybridized carbons (Fsp3) is 0.412. The van der Waals surface area contributed by atoms with E-state index in [1.165, 1.54) is 18.1 Å². The molecule has 1 aromatic carbocycles. The number of guanidine groups is 1. The number of nitrogens with zero attached hydrogens (tertiary/aromatic N) is 2. The molecule has 0 aliphatic heterocycles. The van der Waals surface area contributed by atoms with E-state index in [2.05, 4.69) is 27.5 Å². The van der Waals surface area contributed by atoms with Crippen molar-refractivity contribution in [2.75, 3.05) is 20.7 Å². The highest BCUT2D eigenvalue weighted by molar-refractivity contribution is 7.11. The zero-order valence-corrected chi connectivity index (χ0v) is 15.0. The molecule has 7 heteroatoms. The van der Waals surface area contributed by atoms with E-state index < -0.39 is 0 Å². The van der Waals surface area contributed by atoms with Gasteiger partial charge in [-0.25, -0.2) is 9.37 Å². The quantitative estimate of drug-likeness (QED) is 0.595. The number of hydrogen-bond donors (Lipinski definition) is 2. The van der Waals surface area contributed by atoms with Gasteiger partial charge in [0.1, 0.15) is 0 Å². The largest absolute Gasteiger partial charge is 0.494 e. The highest BCUT2D eigenvalue weighted by atomic mass is 32.1. The van der Waals surface area contributed by atoms with E-state index in [0.717, 1.165) is 30.0 Å². The second-order valence-electron chi connectivity index (χ2n) is 5.15. The van der Waals surface area contributed by atoms with Crippen LogP contribution < -0.4 is 15.4 Å². The van der Waals surface area contributed by atoms with Gasteiger partial charge in [0.05, 0.1) is 12.1 Å². The van der Waals surface area contributed by atoms with E-state index in [0.29, 0.717) is 12.5 Å². The molecule has 0 fully saturated rings. The summed E-state index contributed by atoms with van der Waals surface area (Å²) < 4.78 is 18.6. The Bertz CT molecular complexity index is 687. The number of benzene rings is 1. The number of nitrogens with one attached hydrogen (secondary N) is 2. The monoisotopic (exact) mass is 350 g/mol. The first-order valence-corrected chi connectivity index (χ1v) is 8.68. The standard InChI is InChI=1S/C17H23FN4OS/c1-4-13-11-21-16(24-13)7-8-20-17(19-2)22-10-12-5-6-15(23-3)14(18)9-12/h5-6,9,11H,4,7-8,10H2,1-3H3,(H2,19,20,22). The molecule has 2 N–H and O–H groups in total. The summed E-state index contributed by atoms with van der Waals surface area (Å²) in [4.78, 5) is 9.86. The maximum absolute atomic E-state index is 13.7. The molecular formula is C17H23FN4OS. The van der Waals surface area contributed by atoms with Crippen LogP contribution in [0, 0.1) is 5.82 Å². The lowest BCUT2D eigenvalue weighted by Gasteiger charge is -2.12. The van der Waals surface area contributed by atoms with Crippen LogP contribution in [-0.2, 0) is 19.4 Å². The van der Waals surface area contributed by atoms with Crippen LogP contribution in [0.15, 0.2) is 29.4 Å². The van der Waals surface area contributed by atoms with Crippen molar-refractivity contribution in [3.63, 3.8) is 0 Å². The maximum atomic E-state index is 13.7. The molecule has 0 aliphatic carbocycles. The highest BCUT2D eigenvalue weighted by Crippen LogP contribution is 2.17. The van der Waals surface area contributed by atoms with Crippen molar-refractivity contribution < 1.29 is 9.13 Å². The van der Waals surface area contributed by atoms with Crippen molar-refractivity contribution in [1.29, 1.82) is 0 Å². The molecule has 0 spiro atoms. The summed E-state index contributed by atoms with van der Waals surface area (Å²) in [7, 11) is 3.16. The zero-order valence-electron chi connectivity index (χ0n) is 14.2. The van der Waals surface area contributed by atoms with Crippen LogP contribution in [-0.4, -0.2) is 31.6 Å². The van der Waals surface area contributed by atoms with E-state index in [1.807, 2.05) is 12.3 Å². The van der Waals surface area contributed by atoms with Crippen LogP contribution in [0.1, 0.15) is 22.4 Å². The fourth-order valence-electron chi connectivity index (χ4n) is 2.14. The van der Waals surface area contributed by atoms with E-state index >= 15 is 0 Å². The molecular weight excluding hydrogens is 327 g/mol. The van der Waals surface area contributed by atoms with E-state index in [9.17, 15) is 4.39 Å². The Morgan fingerprint density at radius 1 is 1.38 bits per heavy atom. The lowest BCUT2D eigenvalue weighted by molar-refractivity contribution is 0.386. The van der Waals surface area contributed by atoms with Gasteiger partial charge >= 0.3 is 0 Å². The Morgan fingerprint density at radius 2 is 2.21 bits per heavy atom. The van der Waals surface area contributed by atoms with Crippen LogP contribution >= 0.6 is 11.3 Å². The van der Waals surface area contributed by atoms with Gasteiger partial charge < -0.3 is 15.4 Å². The number of rotatable bonds is 7. The minimum Gasteiger partial charge on any atom is -0.494 e. The summed E-state index contributed by atoms with van der Waals surface area (Å²) in [5.41, 5.74) is 0.823. The van der Waals surface area contributed by atoms with E-state index in [1.54, 1.807) is 24.5 Å². The number of aryl methyl sites for hydroxylation is 1. The molecule has 0 saturated carbocycles. The van der Waals surface area contributed by atoms with Gasteiger partial charge in [0.15, 0.2) is 17.5 Å². The molecule has 0 bridgehead atoms. The van der Waals surface area contributed by atoms with E-state index in [4.69, 9.17) is 4.74 Å². The predicted octanol–water partition coefficient (Wildman–Crippen LogP) is 2.76. The molecule has 0 radical (unpaired) electrons. The number of methoxy groups -OCH3 is 1. The Hall–Kier alpha value is -2.15. The molecule has 24 heavy (non-hydrogen) atoms. The van der Waals surface area contributed by atoms with Crippen molar-refractivity contribution in [3.05, 3.63) is 45.7 Å². The van der Waals surface area contributed by atoms with Crippen LogP contribution in [0.2, 0.25) is 0 Å². The smallest absolute Gasteiger partial charge is 0.191 e. The molecule has 5 nitrogen and oxygen atoms in total. The van der Waals surface area contributed by atoms with Gasteiger partial charge in [-0.1, -0.05) is 13.0 Å². The summed E-state index contributed by atoms with van der Waals surface area (Å²) in [5, 5.41) is 7.52. The highest BCUT2D eigenvalue weighted by Gasteiger charge is 2.05. The second kappa shape index (κ2) is 9.22. The van der Waals surface area contributed by atoms with Crippen LogP contribution in [0.4, 0.5) is 4.39 Å². The lowest BCUT2D eigenvalue weighted by Crippen LogP contribution is -2.37. The van der Waals surface area contributed by atoms with E-state index in [-0.39, 0.29) is 11.6 Å². The average molecular weight is 350 g/mol. The number of ether oxygens (including phenoxy) is 1. The van der Waals surface area contributed by atoms with Gasteiger partial charge in [-0.05, 0) is 24.1 Å². The molecule has 1 heterocycles. The van der Waals surface area contributed by atoms with Gasteiger partial charge in [-0.15, -0.1) is 11.3 Å². The zero-order chi connectivity index (χ0) is 17.4. The minimum atomic E-state index is -0.366. The lowest BCUT2D eigenvalue weighted by atomic mass is 10.2. The molecule has 0 amide bonds. The summed E-state index contributed by atoms with van der Waals surface area (Å²) in [6, 6.07) is 4.90. The first-order valence-electron chi connectivity index (χ1n) is 7.86. The number of halogens is 1. The molecule has 0 aliphatic rings. The van der Waals surface area contributed by atoms with Gasteiger partial charge in [-0.2, -0.15) is 0 Å². The van der Waals surface area contributed by atoms with Gasteiger partial charge in [-0.3, -0.25) is 4.99 Å². The van der Waals surface area contributed by atoms with Gasteiger partial charge in [0.2, 0.25) is 0 Å². The topological polar surface area (TPSA) is 58.5 Å². The average Bonchev–Trinajstić information content (AvgIpc) is 3.06. The van der Waals surface area contributed by atoms with Gasteiger partial charge in [0.25, 0.3) is 0 Å². The van der Waals surface area contributed by atoms with Crippen LogP contribution in [0.5, 0.6) is 5.75 Å². The van der Waals surface area contributed by atoms with Crippen molar-refractivity contribution >= 4 is 17.3 Å². The molecule has 0 atom stereocenters. The first kappa shape index (κ1) is 18.2. The minimum absolute atomic E-state index is 0.246. The predicted molar refractivity (Wildman–Crippen MR) is 96.3 cm³/mol. The number of aliphatic imine (C=N–C) groups is 1. The van der Waals surface area contributed by atoms with Crippen molar-refractivity contribution in [1.82, 2.24) is 15.6 Å². The molecule has 0 unspecified atom stereocenters. The summed E-state index contributed by atoms with van der Waals surface area (Å²) in [6.45, 7) is 3.36. The third-order valence-corrected chi connectivity index (χ3v) is 4.68. The first-order chi connectivity index (χ1) is 11.7. The molecule has 130 valence electrons.